The van der Waals surface area contributed by atoms with Crippen LogP contribution in [-0.2, 0) is 6.42 Å². The molecule has 0 aliphatic heterocycles. The molecule has 0 radical (unpaired) electrons. The van der Waals surface area contributed by atoms with Gasteiger partial charge in [-0.1, -0.05) is 45.0 Å². The van der Waals surface area contributed by atoms with E-state index in [-0.39, 0.29) is 0 Å². The maximum Gasteiger partial charge on any atom is 0.00174 e. The van der Waals surface area contributed by atoms with Gasteiger partial charge in [-0.25, -0.2) is 0 Å². The second-order valence-electron chi connectivity index (χ2n) is 4.20. The van der Waals surface area contributed by atoms with Crippen LogP contribution in [-0.4, -0.2) is 13.1 Å². The van der Waals surface area contributed by atoms with E-state index >= 15 is 0 Å². The largest absolute Gasteiger partial charge is 0.316 e. The molecule has 0 aliphatic rings. The van der Waals surface area contributed by atoms with Gasteiger partial charge in [0.15, 0.2) is 0 Å². The Morgan fingerprint density at radius 1 is 1.13 bits per heavy atom. The van der Waals surface area contributed by atoms with E-state index < -0.39 is 0 Å². The molecule has 0 amide bonds. The Balaban J connectivity index is 2.46. The van der Waals surface area contributed by atoms with Crippen molar-refractivity contribution in [3.8, 4) is 0 Å². The molecule has 0 saturated carbocycles. The third-order valence-corrected chi connectivity index (χ3v) is 2.83. The van der Waals surface area contributed by atoms with E-state index in [9.17, 15) is 0 Å². The number of rotatable bonds is 6. The molecule has 1 rings (SSSR count). The van der Waals surface area contributed by atoms with E-state index in [1.165, 1.54) is 17.5 Å². The lowest BCUT2D eigenvalue weighted by Crippen LogP contribution is -2.20. The fourth-order valence-electron chi connectivity index (χ4n) is 1.70. The zero-order valence-electron chi connectivity index (χ0n) is 10.2. The van der Waals surface area contributed by atoms with Gasteiger partial charge in [-0.2, -0.15) is 0 Å². The van der Waals surface area contributed by atoms with Crippen LogP contribution >= 0.6 is 0 Å². The van der Waals surface area contributed by atoms with Gasteiger partial charge in [0.05, 0.1) is 0 Å². The maximum absolute atomic E-state index is 3.46. The summed E-state index contributed by atoms with van der Waals surface area (Å²) in [6.07, 6.45) is 2.34. The highest BCUT2D eigenvalue weighted by Gasteiger charge is 2.03. The molecule has 1 atom stereocenters. The third-order valence-electron chi connectivity index (χ3n) is 2.83. The first-order valence-electron chi connectivity index (χ1n) is 6.07. The fraction of sp³-hybridized carbons (Fsp3) is 0.571. The van der Waals surface area contributed by atoms with E-state index in [0.717, 1.165) is 19.5 Å². The lowest BCUT2D eigenvalue weighted by Gasteiger charge is -2.13. The van der Waals surface area contributed by atoms with Crippen molar-refractivity contribution in [2.24, 2.45) is 0 Å². The Morgan fingerprint density at radius 2 is 1.80 bits per heavy atom. The number of hydrogen-bond donors (Lipinski definition) is 1. The summed E-state index contributed by atoms with van der Waals surface area (Å²) in [6, 6.07) is 9.01. The predicted molar refractivity (Wildman–Crippen MR) is 67.4 cm³/mol. The molecule has 0 saturated heterocycles. The molecule has 0 aromatic heterocycles. The molecule has 1 N–H and O–H groups in total. The number of aryl methyl sites for hydroxylation is 1. The van der Waals surface area contributed by atoms with E-state index in [0.29, 0.717) is 5.92 Å². The van der Waals surface area contributed by atoms with Crippen molar-refractivity contribution >= 4 is 0 Å². The van der Waals surface area contributed by atoms with Crippen LogP contribution in [0.1, 0.15) is 44.2 Å². The van der Waals surface area contributed by atoms with Crippen LogP contribution < -0.4 is 5.32 Å². The molecule has 15 heavy (non-hydrogen) atoms. The summed E-state index contributed by atoms with van der Waals surface area (Å²) in [7, 11) is 0. The summed E-state index contributed by atoms with van der Waals surface area (Å²) in [5, 5.41) is 3.46. The zero-order valence-corrected chi connectivity index (χ0v) is 10.2. The monoisotopic (exact) mass is 205 g/mol. The SMILES string of the molecule is CCCNCC(C)c1ccc(CC)cc1. The van der Waals surface area contributed by atoms with Gasteiger partial charge in [0.25, 0.3) is 0 Å². The van der Waals surface area contributed by atoms with Crippen molar-refractivity contribution in [1.29, 1.82) is 0 Å². The molecule has 1 aromatic rings. The second-order valence-corrected chi connectivity index (χ2v) is 4.20. The highest BCUT2D eigenvalue weighted by molar-refractivity contribution is 5.25. The summed E-state index contributed by atoms with van der Waals surface area (Å²) in [5.74, 6) is 0.613. The summed E-state index contributed by atoms with van der Waals surface area (Å²) in [6.45, 7) is 8.88. The van der Waals surface area contributed by atoms with Crippen LogP contribution in [0.5, 0.6) is 0 Å². The highest BCUT2D eigenvalue weighted by Crippen LogP contribution is 2.15. The Labute approximate surface area is 93.9 Å². The lowest BCUT2D eigenvalue weighted by atomic mass is 9.99. The zero-order chi connectivity index (χ0) is 11.1. The summed E-state index contributed by atoms with van der Waals surface area (Å²) < 4.78 is 0. The van der Waals surface area contributed by atoms with Crippen LogP contribution in [0.15, 0.2) is 24.3 Å². The number of nitrogens with one attached hydrogen (secondary N) is 1. The molecule has 1 unspecified atom stereocenters. The van der Waals surface area contributed by atoms with Crippen LogP contribution in [0, 0.1) is 0 Å². The Morgan fingerprint density at radius 3 is 2.33 bits per heavy atom. The molecule has 0 spiro atoms. The average molecular weight is 205 g/mol. The first-order valence-corrected chi connectivity index (χ1v) is 6.07. The molecule has 0 bridgehead atoms. The summed E-state index contributed by atoms with van der Waals surface area (Å²) in [4.78, 5) is 0. The minimum absolute atomic E-state index is 0.613. The van der Waals surface area contributed by atoms with Crippen LogP contribution in [0.4, 0.5) is 0 Å². The van der Waals surface area contributed by atoms with E-state index in [2.05, 4.69) is 50.4 Å². The third kappa shape index (κ3) is 4.05. The molecule has 0 heterocycles. The standard InChI is InChI=1S/C14H23N/c1-4-10-15-11-12(3)14-8-6-13(5-2)7-9-14/h6-9,12,15H,4-5,10-11H2,1-3H3. The highest BCUT2D eigenvalue weighted by atomic mass is 14.8. The molecule has 1 nitrogen and oxygen atoms in total. The van der Waals surface area contributed by atoms with Crippen LogP contribution in [0.3, 0.4) is 0 Å². The van der Waals surface area contributed by atoms with Gasteiger partial charge < -0.3 is 5.32 Å². The fourth-order valence-corrected chi connectivity index (χ4v) is 1.70. The maximum atomic E-state index is 3.46. The van der Waals surface area contributed by atoms with Crippen molar-refractivity contribution in [2.75, 3.05) is 13.1 Å². The van der Waals surface area contributed by atoms with Crippen molar-refractivity contribution in [3.63, 3.8) is 0 Å². The summed E-state index contributed by atoms with van der Waals surface area (Å²) >= 11 is 0. The van der Waals surface area contributed by atoms with E-state index in [1.807, 2.05) is 0 Å². The van der Waals surface area contributed by atoms with Gasteiger partial charge in [0.2, 0.25) is 0 Å². The van der Waals surface area contributed by atoms with Crippen LogP contribution in [0.2, 0.25) is 0 Å². The van der Waals surface area contributed by atoms with Gasteiger partial charge in [-0.3, -0.25) is 0 Å². The predicted octanol–water partition coefficient (Wildman–Crippen LogP) is 3.35. The molecule has 1 aromatic carbocycles. The van der Waals surface area contributed by atoms with Crippen molar-refractivity contribution in [3.05, 3.63) is 35.4 Å². The molecule has 0 aliphatic carbocycles. The van der Waals surface area contributed by atoms with Gasteiger partial charge in [-0.05, 0) is 36.4 Å². The minimum atomic E-state index is 0.613. The lowest BCUT2D eigenvalue weighted by molar-refractivity contribution is 0.609. The molecule has 0 fully saturated rings. The van der Waals surface area contributed by atoms with Gasteiger partial charge in [-0.15, -0.1) is 0 Å². The normalized spacial score (nSPS) is 12.7. The van der Waals surface area contributed by atoms with E-state index in [4.69, 9.17) is 0 Å². The molecular weight excluding hydrogens is 182 g/mol. The quantitative estimate of drug-likeness (QED) is 0.702. The minimum Gasteiger partial charge on any atom is -0.316 e. The van der Waals surface area contributed by atoms with E-state index in [1.54, 1.807) is 0 Å². The summed E-state index contributed by atoms with van der Waals surface area (Å²) in [5.41, 5.74) is 2.86. The molecule has 1 heteroatoms. The van der Waals surface area contributed by atoms with Gasteiger partial charge in [0, 0.05) is 6.54 Å². The van der Waals surface area contributed by atoms with Crippen LogP contribution in [0.25, 0.3) is 0 Å². The Bertz CT molecular complexity index is 263. The van der Waals surface area contributed by atoms with Crippen molar-refractivity contribution in [1.82, 2.24) is 5.32 Å². The second kappa shape index (κ2) is 6.62. The smallest absolute Gasteiger partial charge is 0.00174 e. The first-order chi connectivity index (χ1) is 7.27. The van der Waals surface area contributed by atoms with Gasteiger partial charge in [0.1, 0.15) is 0 Å². The first kappa shape index (κ1) is 12.3. The molecular formula is C14H23N. The number of hydrogen-bond acceptors (Lipinski definition) is 1. The number of benzene rings is 1. The Kier molecular flexibility index (Phi) is 5.41. The Hall–Kier alpha value is -0.820. The van der Waals surface area contributed by atoms with Crippen molar-refractivity contribution in [2.45, 2.75) is 39.5 Å². The average Bonchev–Trinajstić information content (AvgIpc) is 2.29. The van der Waals surface area contributed by atoms with Gasteiger partial charge >= 0.3 is 0 Å². The molecule has 84 valence electrons. The topological polar surface area (TPSA) is 12.0 Å². The van der Waals surface area contributed by atoms with Crippen molar-refractivity contribution < 1.29 is 0 Å².